The van der Waals surface area contributed by atoms with Crippen LogP contribution in [0.1, 0.15) is 9.67 Å². The number of halogens is 1. The van der Waals surface area contributed by atoms with Crippen molar-refractivity contribution < 1.29 is 9.59 Å². The predicted molar refractivity (Wildman–Crippen MR) is 83.6 cm³/mol. The summed E-state index contributed by atoms with van der Waals surface area (Å²) >= 11 is 4.78. The van der Waals surface area contributed by atoms with E-state index in [0.717, 1.165) is 14.9 Å². The summed E-state index contributed by atoms with van der Waals surface area (Å²) in [4.78, 5) is 25.8. The molecule has 2 amide bonds. The van der Waals surface area contributed by atoms with Crippen molar-refractivity contribution in [3.8, 4) is 10.4 Å². The smallest absolute Gasteiger partial charge is 0.264 e. The van der Waals surface area contributed by atoms with Gasteiger partial charge in [-0.2, -0.15) is 0 Å². The highest BCUT2D eigenvalue weighted by atomic mass is 79.9. The van der Waals surface area contributed by atoms with E-state index in [4.69, 9.17) is 5.73 Å². The van der Waals surface area contributed by atoms with Gasteiger partial charge in [0.2, 0.25) is 5.91 Å². The minimum Gasteiger partial charge on any atom is -0.368 e. The Morgan fingerprint density at radius 3 is 2.45 bits per heavy atom. The normalized spacial score (nSPS) is 10.3. The summed E-state index contributed by atoms with van der Waals surface area (Å²) in [6, 6.07) is 11.5. The predicted octanol–water partition coefficient (Wildman–Crippen LogP) is 2.73. The Kier molecular flexibility index (Phi) is 4.57. The Morgan fingerprint density at radius 2 is 1.85 bits per heavy atom. The monoisotopic (exact) mass is 352 g/mol. The van der Waals surface area contributed by atoms with Crippen molar-refractivity contribution in [2.45, 2.75) is 0 Å². The van der Waals surface area contributed by atoms with Crippen molar-refractivity contribution >= 4 is 39.1 Å². The van der Waals surface area contributed by atoms with Gasteiger partial charge in [0.25, 0.3) is 5.91 Å². The van der Waals surface area contributed by atoms with Gasteiger partial charge in [0, 0.05) is 16.4 Å². The molecule has 0 saturated carbocycles. The van der Waals surface area contributed by atoms with Crippen molar-refractivity contribution in [1.29, 1.82) is 0 Å². The molecular formula is C14H13BrN2O2S. The van der Waals surface area contributed by atoms with E-state index < -0.39 is 5.91 Å². The summed E-state index contributed by atoms with van der Waals surface area (Å²) < 4.78 is 1.01. The standard InChI is InChI=1S/C14H13BrN2O2S/c1-17(8-13(16)18)14(19)12-7-6-11(20-12)9-2-4-10(15)5-3-9/h2-7H,8H2,1H3,(H2,16,18). The van der Waals surface area contributed by atoms with Crippen LogP contribution in [0.4, 0.5) is 0 Å². The van der Waals surface area contributed by atoms with Crippen molar-refractivity contribution in [3.05, 3.63) is 45.7 Å². The van der Waals surface area contributed by atoms with Gasteiger partial charge in [0.05, 0.1) is 11.4 Å². The molecule has 104 valence electrons. The van der Waals surface area contributed by atoms with Crippen LogP contribution in [0.2, 0.25) is 0 Å². The molecule has 1 aromatic carbocycles. The van der Waals surface area contributed by atoms with E-state index >= 15 is 0 Å². The SMILES string of the molecule is CN(CC(N)=O)C(=O)c1ccc(-c2ccc(Br)cc2)s1. The molecule has 1 heterocycles. The quantitative estimate of drug-likeness (QED) is 0.919. The number of carbonyl (C=O) groups is 2. The fourth-order valence-corrected chi connectivity index (χ4v) is 2.99. The van der Waals surface area contributed by atoms with Crippen LogP contribution in [0.15, 0.2) is 40.9 Å². The van der Waals surface area contributed by atoms with Crippen LogP contribution in [-0.4, -0.2) is 30.3 Å². The third-order valence-corrected chi connectivity index (χ3v) is 4.34. The molecule has 0 atom stereocenters. The Balaban J connectivity index is 2.18. The fraction of sp³-hybridized carbons (Fsp3) is 0.143. The number of primary amides is 1. The third-order valence-electron chi connectivity index (χ3n) is 2.69. The zero-order valence-electron chi connectivity index (χ0n) is 10.8. The highest BCUT2D eigenvalue weighted by molar-refractivity contribution is 9.10. The molecule has 0 fully saturated rings. The maximum atomic E-state index is 12.1. The number of hydrogen-bond donors (Lipinski definition) is 1. The molecule has 2 aromatic rings. The lowest BCUT2D eigenvalue weighted by molar-refractivity contribution is -0.118. The number of amides is 2. The number of nitrogens with two attached hydrogens (primary N) is 1. The maximum absolute atomic E-state index is 12.1. The van der Waals surface area contributed by atoms with Crippen molar-refractivity contribution in [2.75, 3.05) is 13.6 Å². The zero-order chi connectivity index (χ0) is 14.7. The molecule has 4 nitrogen and oxygen atoms in total. The van der Waals surface area contributed by atoms with E-state index in [-0.39, 0.29) is 12.5 Å². The molecule has 1 aromatic heterocycles. The molecule has 0 aliphatic rings. The van der Waals surface area contributed by atoms with Crippen LogP contribution < -0.4 is 5.73 Å². The lowest BCUT2D eigenvalue weighted by atomic mass is 10.2. The number of benzene rings is 1. The molecule has 2 N–H and O–H groups in total. The largest absolute Gasteiger partial charge is 0.368 e. The lowest BCUT2D eigenvalue weighted by Crippen LogP contribution is -2.34. The molecular weight excluding hydrogens is 340 g/mol. The molecule has 2 rings (SSSR count). The van der Waals surface area contributed by atoms with Gasteiger partial charge in [0.1, 0.15) is 0 Å². The first-order valence-corrected chi connectivity index (χ1v) is 7.48. The van der Waals surface area contributed by atoms with E-state index in [9.17, 15) is 9.59 Å². The maximum Gasteiger partial charge on any atom is 0.264 e. The van der Waals surface area contributed by atoms with Gasteiger partial charge in [-0.3, -0.25) is 9.59 Å². The van der Waals surface area contributed by atoms with Crippen LogP contribution in [0.5, 0.6) is 0 Å². The highest BCUT2D eigenvalue weighted by Crippen LogP contribution is 2.29. The first-order chi connectivity index (χ1) is 9.47. The molecule has 0 unspecified atom stereocenters. The first-order valence-electron chi connectivity index (χ1n) is 5.87. The number of thiophene rings is 1. The molecule has 0 aliphatic heterocycles. The summed E-state index contributed by atoms with van der Waals surface area (Å²) in [6.07, 6.45) is 0. The van der Waals surface area contributed by atoms with Gasteiger partial charge in [0.15, 0.2) is 0 Å². The number of likely N-dealkylation sites (N-methyl/N-ethyl adjacent to an activating group) is 1. The third kappa shape index (κ3) is 3.46. The summed E-state index contributed by atoms with van der Waals surface area (Å²) in [5.41, 5.74) is 6.14. The van der Waals surface area contributed by atoms with E-state index in [2.05, 4.69) is 15.9 Å². The van der Waals surface area contributed by atoms with Gasteiger partial charge < -0.3 is 10.6 Å². The molecule has 0 aliphatic carbocycles. The average molecular weight is 353 g/mol. The molecule has 0 saturated heterocycles. The van der Waals surface area contributed by atoms with Crippen LogP contribution >= 0.6 is 27.3 Å². The van der Waals surface area contributed by atoms with E-state index in [1.807, 2.05) is 30.3 Å². The second kappa shape index (κ2) is 6.19. The minimum absolute atomic E-state index is 0.0790. The van der Waals surface area contributed by atoms with Gasteiger partial charge in [-0.25, -0.2) is 0 Å². The van der Waals surface area contributed by atoms with Crippen LogP contribution in [0, 0.1) is 0 Å². The number of carbonyl (C=O) groups excluding carboxylic acids is 2. The number of rotatable bonds is 4. The molecule has 6 heteroatoms. The van der Waals surface area contributed by atoms with Crippen LogP contribution in [-0.2, 0) is 4.79 Å². The Bertz CT molecular complexity index is 637. The van der Waals surface area contributed by atoms with Crippen LogP contribution in [0.3, 0.4) is 0 Å². The molecule has 0 spiro atoms. The lowest BCUT2D eigenvalue weighted by Gasteiger charge is -2.13. The molecule has 20 heavy (non-hydrogen) atoms. The van der Waals surface area contributed by atoms with Crippen molar-refractivity contribution in [2.24, 2.45) is 5.73 Å². The number of hydrogen-bond acceptors (Lipinski definition) is 3. The Hall–Kier alpha value is -1.66. The molecule has 0 radical (unpaired) electrons. The summed E-state index contributed by atoms with van der Waals surface area (Å²) in [5.74, 6) is -0.720. The molecule has 0 bridgehead atoms. The van der Waals surface area contributed by atoms with Gasteiger partial charge >= 0.3 is 0 Å². The first kappa shape index (κ1) is 14.7. The van der Waals surface area contributed by atoms with Gasteiger partial charge in [-0.15, -0.1) is 11.3 Å². The average Bonchev–Trinajstić information content (AvgIpc) is 2.87. The van der Waals surface area contributed by atoms with E-state index in [0.29, 0.717) is 4.88 Å². The Morgan fingerprint density at radius 1 is 1.20 bits per heavy atom. The van der Waals surface area contributed by atoms with E-state index in [1.54, 1.807) is 13.1 Å². The minimum atomic E-state index is -0.523. The van der Waals surface area contributed by atoms with Crippen molar-refractivity contribution in [3.63, 3.8) is 0 Å². The topological polar surface area (TPSA) is 63.4 Å². The van der Waals surface area contributed by atoms with Crippen LogP contribution in [0.25, 0.3) is 10.4 Å². The highest BCUT2D eigenvalue weighted by Gasteiger charge is 2.16. The number of nitrogens with zero attached hydrogens (tertiary/aromatic N) is 1. The zero-order valence-corrected chi connectivity index (χ0v) is 13.2. The summed E-state index contributed by atoms with van der Waals surface area (Å²) in [5, 5.41) is 0. The van der Waals surface area contributed by atoms with Gasteiger partial charge in [-0.1, -0.05) is 28.1 Å². The van der Waals surface area contributed by atoms with Gasteiger partial charge in [-0.05, 0) is 29.8 Å². The summed E-state index contributed by atoms with van der Waals surface area (Å²) in [7, 11) is 1.56. The van der Waals surface area contributed by atoms with Crippen molar-refractivity contribution in [1.82, 2.24) is 4.90 Å². The fourth-order valence-electron chi connectivity index (χ4n) is 1.72. The second-order valence-corrected chi connectivity index (χ2v) is 6.30. The van der Waals surface area contributed by atoms with E-state index in [1.165, 1.54) is 16.2 Å². The Labute approximate surface area is 129 Å². The second-order valence-electron chi connectivity index (χ2n) is 4.30. The summed E-state index contributed by atoms with van der Waals surface area (Å²) in [6.45, 7) is -0.0790.